The summed E-state index contributed by atoms with van der Waals surface area (Å²) in [4.78, 5) is 40.5. The number of primary amides is 1. The van der Waals surface area contributed by atoms with Gasteiger partial charge >= 0.3 is 0 Å². The minimum absolute atomic E-state index is 0.0359. The fraction of sp³-hybridized carbons (Fsp3) is 0.444. The molecule has 1 amide bonds. The second-order valence-electron chi connectivity index (χ2n) is 10.2. The Labute approximate surface area is 219 Å². The van der Waals surface area contributed by atoms with Crippen LogP contribution in [-0.4, -0.2) is 68.5 Å². The maximum atomic E-state index is 13.8. The Hall–Kier alpha value is -3.14. The lowest BCUT2D eigenvalue weighted by Crippen LogP contribution is -2.65. The van der Waals surface area contributed by atoms with Gasteiger partial charge in [-0.1, -0.05) is 31.0 Å². The predicted molar refractivity (Wildman–Crippen MR) is 138 cm³/mol. The molecule has 0 bridgehead atoms. The zero-order valence-corrected chi connectivity index (χ0v) is 21.7. The lowest BCUT2D eigenvalue weighted by Gasteiger charge is -2.50. The van der Waals surface area contributed by atoms with E-state index in [9.17, 15) is 34.8 Å². The summed E-state index contributed by atoms with van der Waals surface area (Å²) in [5.74, 6) is -6.71. The average Bonchev–Trinajstić information content (AvgIpc) is 2.81. The van der Waals surface area contributed by atoms with Crippen LogP contribution < -0.4 is 5.73 Å². The van der Waals surface area contributed by atoms with Crippen LogP contribution in [0.4, 0.5) is 0 Å². The van der Waals surface area contributed by atoms with Crippen molar-refractivity contribution in [3.05, 3.63) is 50.8 Å². The van der Waals surface area contributed by atoms with E-state index < -0.39 is 58.0 Å². The van der Waals surface area contributed by atoms with Crippen molar-refractivity contribution in [3.8, 4) is 5.75 Å². The van der Waals surface area contributed by atoms with Crippen molar-refractivity contribution < 1.29 is 34.8 Å². The van der Waals surface area contributed by atoms with E-state index in [0.29, 0.717) is 22.6 Å². The Morgan fingerprint density at radius 2 is 1.92 bits per heavy atom. The number of carbonyl (C=O) groups excluding carboxylic acids is 3. The highest BCUT2D eigenvalue weighted by atomic mass is 35.5. The van der Waals surface area contributed by atoms with Crippen molar-refractivity contribution in [2.75, 3.05) is 14.1 Å². The van der Waals surface area contributed by atoms with Crippen LogP contribution in [0.1, 0.15) is 49.3 Å². The van der Waals surface area contributed by atoms with Crippen molar-refractivity contribution in [2.24, 2.45) is 17.6 Å². The molecule has 0 spiro atoms. The third-order valence-electron chi connectivity index (χ3n) is 7.72. The SMILES string of the molecule is CCCC/C(Cl)=C/c1ccc(O)c2c1CC1CC3[C@H](N(C)C)C(=O)C(C(N)=O)=C(O)[C@@]3(O)C(=O)C1=C2O. The Morgan fingerprint density at radius 1 is 1.24 bits per heavy atom. The average molecular weight is 531 g/mol. The van der Waals surface area contributed by atoms with E-state index >= 15 is 0 Å². The maximum absolute atomic E-state index is 13.8. The third kappa shape index (κ3) is 4.05. The summed E-state index contributed by atoms with van der Waals surface area (Å²) in [6.45, 7) is 2.05. The highest BCUT2D eigenvalue weighted by Crippen LogP contribution is 2.53. The van der Waals surface area contributed by atoms with E-state index in [1.54, 1.807) is 26.2 Å². The second kappa shape index (κ2) is 9.63. The molecule has 1 saturated carbocycles. The molecule has 6 N–H and O–H groups in total. The largest absolute Gasteiger partial charge is 0.508 e. The number of hydrogen-bond donors (Lipinski definition) is 5. The molecular formula is C27H31ClN2O7. The van der Waals surface area contributed by atoms with Gasteiger partial charge in [0.1, 0.15) is 22.8 Å². The van der Waals surface area contributed by atoms with Crippen molar-refractivity contribution >= 4 is 40.9 Å². The van der Waals surface area contributed by atoms with Gasteiger partial charge in [-0.25, -0.2) is 0 Å². The fourth-order valence-corrected chi connectivity index (χ4v) is 6.24. The maximum Gasteiger partial charge on any atom is 0.255 e. The molecule has 1 aromatic carbocycles. The van der Waals surface area contributed by atoms with Crippen LogP contribution in [0.2, 0.25) is 0 Å². The molecule has 9 nitrogen and oxygen atoms in total. The number of unbranched alkanes of at least 4 members (excludes halogenated alkanes) is 1. The van der Waals surface area contributed by atoms with E-state index in [1.807, 2.05) is 0 Å². The third-order valence-corrected chi connectivity index (χ3v) is 8.02. The van der Waals surface area contributed by atoms with Crippen LogP contribution >= 0.6 is 11.6 Å². The van der Waals surface area contributed by atoms with E-state index in [4.69, 9.17) is 17.3 Å². The molecule has 1 aromatic rings. The number of nitrogens with zero attached hydrogens (tertiary/aromatic N) is 1. The first-order valence-electron chi connectivity index (χ1n) is 12.2. The number of aliphatic hydroxyl groups is 3. The molecule has 10 heteroatoms. The zero-order chi connectivity index (χ0) is 27.4. The van der Waals surface area contributed by atoms with Gasteiger partial charge < -0.3 is 26.2 Å². The minimum atomic E-state index is -2.65. The normalized spacial score (nSPS) is 27.8. The number of ketones is 2. The summed E-state index contributed by atoms with van der Waals surface area (Å²) in [6, 6.07) is 1.95. The molecule has 3 aliphatic rings. The summed E-state index contributed by atoms with van der Waals surface area (Å²) < 4.78 is 0. The first-order chi connectivity index (χ1) is 17.4. The van der Waals surface area contributed by atoms with Crippen LogP contribution in [0.5, 0.6) is 5.75 Å². The molecule has 0 heterocycles. The van der Waals surface area contributed by atoms with Gasteiger partial charge in [-0.2, -0.15) is 0 Å². The summed E-state index contributed by atoms with van der Waals surface area (Å²) >= 11 is 6.43. The predicted octanol–water partition coefficient (Wildman–Crippen LogP) is 2.73. The Bertz CT molecular complexity index is 1300. The van der Waals surface area contributed by atoms with Gasteiger partial charge in [-0.05, 0) is 69.0 Å². The second-order valence-corrected chi connectivity index (χ2v) is 10.7. The minimum Gasteiger partial charge on any atom is -0.508 e. The monoisotopic (exact) mass is 530 g/mol. The molecule has 2 unspecified atom stereocenters. The standard InChI is InChI=1S/C27H31ClN2O7/c1-4-5-6-14(28)9-12-7-8-17(31)19-15(12)10-13-11-16-21(30(2)3)23(33)20(26(29)36)25(35)27(16,37)24(34)18(13)22(19)32/h7-9,13,16,21,31-32,35,37H,4-6,10-11H2,1-3H3,(H2,29,36)/b14-9-/t13?,16?,21-,27-/m0/s1. The van der Waals surface area contributed by atoms with Gasteiger partial charge in [-0.3, -0.25) is 19.3 Å². The summed E-state index contributed by atoms with van der Waals surface area (Å²) in [7, 11) is 3.12. The Balaban J connectivity index is 1.92. The number of phenols is 1. The number of rotatable bonds is 6. The highest BCUT2D eigenvalue weighted by Gasteiger charge is 2.64. The summed E-state index contributed by atoms with van der Waals surface area (Å²) in [6.07, 6.45) is 4.55. The number of hydrogen-bond acceptors (Lipinski definition) is 8. The summed E-state index contributed by atoms with van der Waals surface area (Å²) in [5.41, 5.74) is 2.98. The molecule has 0 aromatic heterocycles. The molecule has 4 rings (SSSR count). The number of allylic oxidation sites excluding steroid dienone is 1. The van der Waals surface area contributed by atoms with Crippen LogP contribution in [0, 0.1) is 11.8 Å². The topological polar surface area (TPSA) is 161 Å². The lowest BCUT2D eigenvalue weighted by atomic mass is 9.57. The number of aromatic hydroxyl groups is 1. The number of halogens is 1. The van der Waals surface area contributed by atoms with E-state index in [-0.39, 0.29) is 29.7 Å². The first-order valence-corrected chi connectivity index (χ1v) is 12.6. The number of amides is 1. The van der Waals surface area contributed by atoms with E-state index in [0.717, 1.165) is 12.8 Å². The highest BCUT2D eigenvalue weighted by molar-refractivity contribution is 6.31. The van der Waals surface area contributed by atoms with Gasteiger partial charge in [-0.15, -0.1) is 0 Å². The van der Waals surface area contributed by atoms with E-state index in [2.05, 4.69) is 6.92 Å². The molecule has 3 aliphatic carbocycles. The van der Waals surface area contributed by atoms with Gasteiger partial charge in [0, 0.05) is 16.5 Å². The number of phenolic OH excluding ortho intramolecular Hbond substituents is 1. The number of nitrogens with two attached hydrogens (primary N) is 1. The zero-order valence-electron chi connectivity index (χ0n) is 20.9. The molecular weight excluding hydrogens is 500 g/mol. The Kier molecular flexibility index (Phi) is 7.00. The van der Waals surface area contributed by atoms with Gasteiger partial charge in [0.15, 0.2) is 11.4 Å². The van der Waals surface area contributed by atoms with Crippen molar-refractivity contribution in [1.29, 1.82) is 0 Å². The van der Waals surface area contributed by atoms with Crippen molar-refractivity contribution in [3.63, 3.8) is 0 Å². The quantitative estimate of drug-likeness (QED) is 0.351. The smallest absolute Gasteiger partial charge is 0.255 e. The number of Topliss-reactive ketones (excluding diaryl/α,β-unsaturated/α-hetero) is 2. The number of carbonyl (C=O) groups is 3. The number of aliphatic hydroxyl groups excluding tert-OH is 2. The van der Waals surface area contributed by atoms with Gasteiger partial charge in [0.05, 0.1) is 11.6 Å². The number of fused-ring (bicyclic) bond motifs is 3. The lowest BCUT2D eigenvalue weighted by molar-refractivity contribution is -0.153. The summed E-state index contributed by atoms with van der Waals surface area (Å²) in [5, 5.41) is 45.0. The molecule has 198 valence electrons. The fourth-order valence-electron chi connectivity index (χ4n) is 5.99. The number of benzene rings is 1. The molecule has 37 heavy (non-hydrogen) atoms. The molecule has 0 saturated heterocycles. The Morgan fingerprint density at radius 3 is 2.51 bits per heavy atom. The molecule has 0 radical (unpaired) electrons. The van der Waals surface area contributed by atoms with Crippen LogP contribution in [0.3, 0.4) is 0 Å². The van der Waals surface area contributed by atoms with E-state index in [1.165, 1.54) is 11.0 Å². The molecule has 4 atom stereocenters. The molecule has 0 aliphatic heterocycles. The first kappa shape index (κ1) is 26.9. The van der Waals surface area contributed by atoms with Gasteiger partial charge in [0.2, 0.25) is 5.78 Å². The van der Waals surface area contributed by atoms with Crippen LogP contribution in [-0.2, 0) is 20.8 Å². The van der Waals surface area contributed by atoms with Gasteiger partial charge in [0.25, 0.3) is 5.91 Å². The molecule has 1 fully saturated rings. The van der Waals surface area contributed by atoms with Crippen LogP contribution in [0.15, 0.2) is 34.1 Å². The van der Waals surface area contributed by atoms with Crippen molar-refractivity contribution in [1.82, 2.24) is 4.90 Å². The number of likely N-dealkylation sites (N-methyl/N-ethyl adjacent to an activating group) is 1. The van der Waals surface area contributed by atoms with Crippen LogP contribution in [0.25, 0.3) is 11.8 Å². The van der Waals surface area contributed by atoms with Crippen molar-refractivity contribution in [2.45, 2.75) is 50.7 Å².